The Labute approximate surface area is 231 Å². The molecule has 1 aliphatic rings. The van der Waals surface area contributed by atoms with Gasteiger partial charge < -0.3 is 20.1 Å². The highest BCUT2D eigenvalue weighted by molar-refractivity contribution is 6.10. The lowest BCUT2D eigenvalue weighted by Crippen LogP contribution is -2.42. The van der Waals surface area contributed by atoms with E-state index in [0.717, 1.165) is 11.3 Å². The monoisotopic (exact) mass is 551 g/mol. The van der Waals surface area contributed by atoms with E-state index >= 15 is 0 Å². The maximum Gasteiger partial charge on any atom is 0.387 e. The second-order valence-corrected chi connectivity index (χ2v) is 10.3. The first kappa shape index (κ1) is 28.5. The number of nitrogens with zero attached hydrogens (tertiary/aromatic N) is 1. The maximum atomic E-state index is 13.1. The van der Waals surface area contributed by atoms with Crippen LogP contribution in [0.3, 0.4) is 0 Å². The molecule has 0 aromatic heterocycles. The zero-order valence-electron chi connectivity index (χ0n) is 22.7. The van der Waals surface area contributed by atoms with Gasteiger partial charge in [-0.15, -0.1) is 0 Å². The quantitative estimate of drug-likeness (QED) is 0.294. The molecule has 40 heavy (non-hydrogen) atoms. The number of ether oxygens (including phenoxy) is 2. The average Bonchev–Trinajstić information content (AvgIpc) is 3.13. The number of benzene rings is 3. The Morgan fingerprint density at radius 3 is 2.05 bits per heavy atom. The van der Waals surface area contributed by atoms with Gasteiger partial charge in [-0.05, 0) is 78.4 Å². The summed E-state index contributed by atoms with van der Waals surface area (Å²) < 4.78 is 35.1. The fourth-order valence-corrected chi connectivity index (χ4v) is 4.27. The number of nitrogens with one attached hydrogen (secondary N) is 2. The summed E-state index contributed by atoms with van der Waals surface area (Å²) in [6.07, 6.45) is 1.02. The van der Waals surface area contributed by atoms with E-state index in [0.29, 0.717) is 22.7 Å². The third-order valence-electron chi connectivity index (χ3n) is 7.13. The van der Waals surface area contributed by atoms with Gasteiger partial charge in [-0.25, -0.2) is 4.79 Å². The molecule has 1 atom stereocenters. The Hall–Kier alpha value is -4.47. The van der Waals surface area contributed by atoms with Crippen LogP contribution in [0.5, 0.6) is 17.2 Å². The van der Waals surface area contributed by atoms with Gasteiger partial charge in [0.1, 0.15) is 29.3 Å². The third-order valence-corrected chi connectivity index (χ3v) is 7.13. The second-order valence-electron chi connectivity index (χ2n) is 10.3. The summed E-state index contributed by atoms with van der Waals surface area (Å²) in [5.41, 5.74) is 0.653. The first-order valence-electron chi connectivity index (χ1n) is 12.8. The number of amides is 4. The number of halogens is 2. The van der Waals surface area contributed by atoms with Crippen molar-refractivity contribution in [1.29, 1.82) is 0 Å². The first-order valence-corrected chi connectivity index (χ1v) is 12.8. The van der Waals surface area contributed by atoms with Gasteiger partial charge in [0.2, 0.25) is 5.91 Å². The molecule has 0 aliphatic carbocycles. The predicted octanol–water partition coefficient (Wildman–Crippen LogP) is 6.17. The molecule has 1 fully saturated rings. The van der Waals surface area contributed by atoms with Crippen molar-refractivity contribution in [2.75, 3.05) is 11.9 Å². The molecule has 0 unspecified atom stereocenters. The van der Waals surface area contributed by atoms with Gasteiger partial charge in [-0.1, -0.05) is 45.0 Å². The van der Waals surface area contributed by atoms with Crippen molar-refractivity contribution < 1.29 is 32.6 Å². The molecule has 1 aliphatic heterocycles. The minimum Gasteiger partial charge on any atom is -0.457 e. The molecule has 0 bridgehead atoms. The molecule has 0 saturated carbocycles. The van der Waals surface area contributed by atoms with Crippen molar-refractivity contribution >= 4 is 23.5 Å². The first-order chi connectivity index (χ1) is 18.9. The second kappa shape index (κ2) is 11.3. The molecule has 8 nitrogen and oxygen atoms in total. The van der Waals surface area contributed by atoms with E-state index in [1.165, 1.54) is 36.8 Å². The number of rotatable bonds is 10. The summed E-state index contributed by atoms with van der Waals surface area (Å²) in [5.74, 6) is -0.0373. The molecule has 3 aromatic carbocycles. The molecular weight excluding hydrogens is 520 g/mol. The Morgan fingerprint density at radius 1 is 0.950 bits per heavy atom. The van der Waals surface area contributed by atoms with E-state index in [2.05, 4.69) is 36.1 Å². The fourth-order valence-electron chi connectivity index (χ4n) is 4.27. The van der Waals surface area contributed by atoms with Crippen LogP contribution in [0.15, 0.2) is 72.8 Å². The van der Waals surface area contributed by atoms with Crippen LogP contribution in [0.2, 0.25) is 0 Å². The minimum absolute atomic E-state index is 0.0801. The highest BCUT2D eigenvalue weighted by atomic mass is 19.3. The van der Waals surface area contributed by atoms with Crippen molar-refractivity contribution in [2.24, 2.45) is 0 Å². The van der Waals surface area contributed by atoms with Gasteiger partial charge >= 0.3 is 12.6 Å². The van der Waals surface area contributed by atoms with E-state index in [4.69, 9.17) is 4.74 Å². The third kappa shape index (κ3) is 6.22. The van der Waals surface area contributed by atoms with Crippen LogP contribution < -0.4 is 20.1 Å². The van der Waals surface area contributed by atoms with Crippen molar-refractivity contribution in [2.45, 2.75) is 51.7 Å². The van der Waals surface area contributed by atoms with E-state index in [1.807, 2.05) is 24.3 Å². The van der Waals surface area contributed by atoms with Gasteiger partial charge in [0.25, 0.3) is 5.91 Å². The zero-order valence-corrected chi connectivity index (χ0v) is 22.7. The zero-order chi connectivity index (χ0) is 29.1. The molecule has 210 valence electrons. The number of carbonyl (C=O) groups is 3. The van der Waals surface area contributed by atoms with Crippen molar-refractivity contribution in [1.82, 2.24) is 10.2 Å². The number of hydrogen-bond donors (Lipinski definition) is 2. The highest BCUT2D eigenvalue weighted by Crippen LogP contribution is 2.31. The summed E-state index contributed by atoms with van der Waals surface area (Å²) in [4.78, 5) is 39.1. The Morgan fingerprint density at radius 2 is 1.50 bits per heavy atom. The van der Waals surface area contributed by atoms with Crippen molar-refractivity contribution in [3.8, 4) is 17.2 Å². The van der Waals surface area contributed by atoms with Crippen LogP contribution in [0.4, 0.5) is 19.3 Å². The number of imide groups is 1. The molecule has 4 rings (SSSR count). The number of anilines is 1. The summed E-state index contributed by atoms with van der Waals surface area (Å²) in [7, 11) is 0. The van der Waals surface area contributed by atoms with Crippen molar-refractivity contribution in [3.63, 3.8) is 0 Å². The SMILES string of the molecule is CCC(C)(C)c1ccc(Oc2ccc(NC(=O)CN3C(=O)N[C@@](C)(c4ccc(OC(F)F)cc4)C3=O)cc2)cc1. The summed E-state index contributed by atoms with van der Waals surface area (Å²) in [5, 5.41) is 5.24. The average molecular weight is 552 g/mol. The van der Waals surface area contributed by atoms with Gasteiger partial charge in [0, 0.05) is 5.69 Å². The maximum absolute atomic E-state index is 13.1. The van der Waals surface area contributed by atoms with Crippen LogP contribution in [0.1, 0.15) is 45.2 Å². The molecule has 2 N–H and O–H groups in total. The standard InChI is InChI=1S/C30H31F2N3O5/c1-5-29(2,3)19-6-12-22(13-7-19)39-23-16-10-21(11-17-23)33-25(36)18-35-26(37)30(4,34-28(35)38)20-8-14-24(15-9-20)40-27(31)32/h6-17,27H,5,18H2,1-4H3,(H,33,36)(H,34,38)/t30-/m0/s1. The van der Waals surface area contributed by atoms with E-state index in [9.17, 15) is 23.2 Å². The summed E-state index contributed by atoms with van der Waals surface area (Å²) in [6, 6.07) is 19.3. The lowest BCUT2D eigenvalue weighted by molar-refractivity contribution is -0.133. The normalized spacial score (nSPS) is 17.1. The van der Waals surface area contributed by atoms with E-state index < -0.39 is 36.5 Å². The number of carbonyl (C=O) groups excluding carboxylic acids is 3. The predicted molar refractivity (Wildman–Crippen MR) is 146 cm³/mol. The number of hydrogen-bond acceptors (Lipinski definition) is 5. The van der Waals surface area contributed by atoms with Gasteiger partial charge in [-0.2, -0.15) is 8.78 Å². The highest BCUT2D eigenvalue weighted by Gasteiger charge is 2.49. The number of urea groups is 1. The molecule has 10 heteroatoms. The minimum atomic E-state index is -2.98. The molecular formula is C30H31F2N3O5. The number of alkyl halides is 2. The van der Waals surface area contributed by atoms with E-state index in [1.54, 1.807) is 24.3 Å². The lowest BCUT2D eigenvalue weighted by atomic mass is 9.82. The Kier molecular flexibility index (Phi) is 8.08. The summed E-state index contributed by atoms with van der Waals surface area (Å²) in [6.45, 7) is 4.52. The molecule has 0 spiro atoms. The summed E-state index contributed by atoms with van der Waals surface area (Å²) >= 11 is 0. The van der Waals surface area contributed by atoms with Gasteiger partial charge in [0.15, 0.2) is 0 Å². The smallest absolute Gasteiger partial charge is 0.387 e. The Bertz CT molecular complexity index is 1380. The molecule has 4 amide bonds. The van der Waals surface area contributed by atoms with E-state index in [-0.39, 0.29) is 11.2 Å². The van der Waals surface area contributed by atoms with Crippen LogP contribution >= 0.6 is 0 Å². The lowest BCUT2D eigenvalue weighted by Gasteiger charge is -2.23. The van der Waals surface area contributed by atoms with Crippen molar-refractivity contribution in [3.05, 3.63) is 83.9 Å². The largest absolute Gasteiger partial charge is 0.457 e. The van der Waals surface area contributed by atoms with Crippen LogP contribution in [0.25, 0.3) is 0 Å². The van der Waals surface area contributed by atoms with Crippen LogP contribution in [-0.4, -0.2) is 35.9 Å². The van der Waals surface area contributed by atoms with Gasteiger partial charge in [-0.3, -0.25) is 14.5 Å². The topological polar surface area (TPSA) is 97.0 Å². The Balaban J connectivity index is 1.35. The molecule has 1 heterocycles. The molecule has 1 saturated heterocycles. The van der Waals surface area contributed by atoms with Crippen LogP contribution in [0, 0.1) is 0 Å². The van der Waals surface area contributed by atoms with Crippen LogP contribution in [-0.2, 0) is 20.5 Å². The molecule has 0 radical (unpaired) electrons. The fraction of sp³-hybridized carbons (Fsp3) is 0.300. The molecule has 3 aromatic rings. The van der Waals surface area contributed by atoms with Gasteiger partial charge in [0.05, 0.1) is 0 Å².